The van der Waals surface area contributed by atoms with Crippen molar-refractivity contribution in [2.24, 2.45) is 5.92 Å². The molecule has 4 heteroatoms. The van der Waals surface area contributed by atoms with Crippen molar-refractivity contribution < 1.29 is 4.39 Å². The van der Waals surface area contributed by atoms with Crippen LogP contribution in [0.2, 0.25) is 0 Å². The van der Waals surface area contributed by atoms with E-state index in [1.807, 2.05) is 6.07 Å². The Balaban J connectivity index is 2.14. The number of rotatable bonds is 5. The molecule has 2 rings (SSSR count). The highest BCUT2D eigenvalue weighted by atomic mass is 79.9. The zero-order chi connectivity index (χ0) is 15.4. The molecule has 118 valence electrons. The van der Waals surface area contributed by atoms with Gasteiger partial charge in [-0.05, 0) is 36.1 Å². The monoisotopic (exact) mass is 356 g/mol. The van der Waals surface area contributed by atoms with Gasteiger partial charge in [-0.25, -0.2) is 4.39 Å². The van der Waals surface area contributed by atoms with Gasteiger partial charge in [-0.3, -0.25) is 4.90 Å². The second-order valence-corrected chi connectivity index (χ2v) is 7.09. The Labute approximate surface area is 136 Å². The quantitative estimate of drug-likeness (QED) is 0.850. The summed E-state index contributed by atoms with van der Waals surface area (Å²) >= 11 is 3.39. The molecule has 1 aliphatic heterocycles. The number of nitrogens with one attached hydrogen (secondary N) is 1. The first-order valence-corrected chi connectivity index (χ1v) is 8.75. The third-order valence-electron chi connectivity index (χ3n) is 4.64. The van der Waals surface area contributed by atoms with E-state index in [-0.39, 0.29) is 5.82 Å². The van der Waals surface area contributed by atoms with Gasteiger partial charge in [-0.15, -0.1) is 0 Å². The van der Waals surface area contributed by atoms with Gasteiger partial charge in [0.2, 0.25) is 0 Å². The van der Waals surface area contributed by atoms with Crippen LogP contribution in [0, 0.1) is 11.7 Å². The fourth-order valence-electron chi connectivity index (χ4n) is 3.12. The van der Waals surface area contributed by atoms with E-state index in [1.54, 1.807) is 6.07 Å². The van der Waals surface area contributed by atoms with Gasteiger partial charge in [0.25, 0.3) is 0 Å². The fraction of sp³-hybridized carbons (Fsp3) is 0.647. The molecule has 0 aliphatic carbocycles. The van der Waals surface area contributed by atoms with Crippen molar-refractivity contribution in [2.75, 3.05) is 13.1 Å². The molecule has 1 saturated heterocycles. The van der Waals surface area contributed by atoms with Crippen LogP contribution in [0.4, 0.5) is 4.39 Å². The molecule has 0 amide bonds. The minimum Gasteiger partial charge on any atom is -0.311 e. The van der Waals surface area contributed by atoms with Gasteiger partial charge in [0.15, 0.2) is 0 Å². The van der Waals surface area contributed by atoms with Gasteiger partial charge in [0, 0.05) is 36.2 Å². The lowest BCUT2D eigenvalue weighted by molar-refractivity contribution is 0.0832. The topological polar surface area (TPSA) is 15.3 Å². The Bertz CT molecular complexity index is 446. The maximum Gasteiger partial charge on any atom is 0.124 e. The van der Waals surface area contributed by atoms with Gasteiger partial charge in [0.05, 0.1) is 0 Å². The summed E-state index contributed by atoms with van der Waals surface area (Å²) in [7, 11) is 0. The molecule has 0 aromatic heterocycles. The van der Waals surface area contributed by atoms with Crippen LogP contribution in [0.5, 0.6) is 0 Å². The molecule has 2 nitrogen and oxygen atoms in total. The summed E-state index contributed by atoms with van der Waals surface area (Å²) < 4.78 is 14.4. The normalized spacial score (nSPS) is 25.0. The van der Waals surface area contributed by atoms with E-state index in [0.29, 0.717) is 18.0 Å². The molecule has 1 aliphatic rings. The van der Waals surface area contributed by atoms with E-state index < -0.39 is 0 Å². The Morgan fingerprint density at radius 2 is 2.14 bits per heavy atom. The highest BCUT2D eigenvalue weighted by Gasteiger charge is 2.30. The minimum absolute atomic E-state index is 0.165. The molecule has 1 N–H and O–H groups in total. The van der Waals surface area contributed by atoms with E-state index in [2.05, 4.69) is 46.9 Å². The first kappa shape index (κ1) is 16.9. The van der Waals surface area contributed by atoms with E-state index in [4.69, 9.17) is 0 Å². The standard InChI is InChI=1S/C17H26BrFN2/c1-4-12(3)17-9-20-16(5-2)11-21(17)10-13-6-14(18)8-15(19)7-13/h6-8,12,16-17,20H,4-5,9-11H2,1-3H3. The predicted octanol–water partition coefficient (Wildman–Crippen LogP) is 4.19. The number of piperazine rings is 1. The molecule has 3 atom stereocenters. The molecular formula is C17H26BrFN2. The van der Waals surface area contributed by atoms with Crippen molar-refractivity contribution >= 4 is 15.9 Å². The Morgan fingerprint density at radius 1 is 1.38 bits per heavy atom. The summed E-state index contributed by atoms with van der Waals surface area (Å²) in [6, 6.07) is 6.27. The first-order valence-electron chi connectivity index (χ1n) is 7.95. The van der Waals surface area contributed by atoms with Crippen molar-refractivity contribution in [3.8, 4) is 0 Å². The van der Waals surface area contributed by atoms with Gasteiger partial charge in [-0.2, -0.15) is 0 Å². The van der Waals surface area contributed by atoms with Crippen LogP contribution in [0.15, 0.2) is 22.7 Å². The number of hydrogen-bond donors (Lipinski definition) is 1. The van der Waals surface area contributed by atoms with Gasteiger partial charge < -0.3 is 5.32 Å². The van der Waals surface area contributed by atoms with Crippen LogP contribution in [-0.2, 0) is 6.54 Å². The Kier molecular flexibility index (Phi) is 6.20. The van der Waals surface area contributed by atoms with Crippen molar-refractivity contribution in [3.05, 3.63) is 34.1 Å². The second-order valence-electron chi connectivity index (χ2n) is 6.17. The van der Waals surface area contributed by atoms with E-state index in [9.17, 15) is 4.39 Å². The van der Waals surface area contributed by atoms with Crippen LogP contribution < -0.4 is 5.32 Å². The maximum absolute atomic E-state index is 13.6. The van der Waals surface area contributed by atoms with Gasteiger partial charge in [0.1, 0.15) is 5.82 Å². The summed E-state index contributed by atoms with van der Waals surface area (Å²) in [5.74, 6) is 0.481. The summed E-state index contributed by atoms with van der Waals surface area (Å²) in [6.07, 6.45) is 2.31. The van der Waals surface area contributed by atoms with E-state index in [1.165, 1.54) is 12.5 Å². The van der Waals surface area contributed by atoms with Crippen LogP contribution in [0.25, 0.3) is 0 Å². The third kappa shape index (κ3) is 4.51. The summed E-state index contributed by atoms with van der Waals surface area (Å²) in [5.41, 5.74) is 1.05. The number of hydrogen-bond acceptors (Lipinski definition) is 2. The Hall–Kier alpha value is -0.450. The van der Waals surface area contributed by atoms with Crippen molar-refractivity contribution in [2.45, 2.75) is 52.2 Å². The summed E-state index contributed by atoms with van der Waals surface area (Å²) in [5, 5.41) is 3.65. The van der Waals surface area contributed by atoms with Gasteiger partial charge >= 0.3 is 0 Å². The van der Waals surface area contributed by atoms with Crippen LogP contribution in [-0.4, -0.2) is 30.1 Å². The maximum atomic E-state index is 13.6. The second kappa shape index (κ2) is 7.70. The fourth-order valence-corrected chi connectivity index (χ4v) is 3.64. The molecule has 0 saturated carbocycles. The summed E-state index contributed by atoms with van der Waals surface area (Å²) in [6.45, 7) is 9.67. The van der Waals surface area contributed by atoms with Gasteiger partial charge in [-0.1, -0.05) is 43.1 Å². The predicted molar refractivity (Wildman–Crippen MR) is 89.8 cm³/mol. The third-order valence-corrected chi connectivity index (χ3v) is 5.10. The zero-order valence-electron chi connectivity index (χ0n) is 13.2. The lowest BCUT2D eigenvalue weighted by atomic mass is 9.93. The average Bonchev–Trinajstić information content (AvgIpc) is 2.45. The van der Waals surface area contributed by atoms with Crippen molar-refractivity contribution in [3.63, 3.8) is 0 Å². The molecule has 1 heterocycles. The van der Waals surface area contributed by atoms with E-state index in [0.717, 1.165) is 36.1 Å². The summed E-state index contributed by atoms with van der Waals surface area (Å²) in [4.78, 5) is 2.53. The Morgan fingerprint density at radius 3 is 2.76 bits per heavy atom. The van der Waals surface area contributed by atoms with Crippen molar-refractivity contribution in [1.82, 2.24) is 10.2 Å². The largest absolute Gasteiger partial charge is 0.311 e. The lowest BCUT2D eigenvalue weighted by Crippen LogP contribution is -2.57. The smallest absolute Gasteiger partial charge is 0.124 e. The molecular weight excluding hydrogens is 331 g/mol. The lowest BCUT2D eigenvalue weighted by Gasteiger charge is -2.43. The number of halogens is 2. The number of nitrogens with zero attached hydrogens (tertiary/aromatic N) is 1. The molecule has 0 spiro atoms. The molecule has 3 unspecified atom stereocenters. The molecule has 1 fully saturated rings. The molecule has 0 bridgehead atoms. The van der Waals surface area contributed by atoms with Crippen LogP contribution in [0.3, 0.4) is 0 Å². The highest BCUT2D eigenvalue weighted by molar-refractivity contribution is 9.10. The molecule has 0 radical (unpaired) electrons. The first-order chi connectivity index (χ1) is 10.0. The molecule has 21 heavy (non-hydrogen) atoms. The van der Waals surface area contributed by atoms with E-state index >= 15 is 0 Å². The van der Waals surface area contributed by atoms with Crippen LogP contribution >= 0.6 is 15.9 Å². The zero-order valence-corrected chi connectivity index (χ0v) is 14.8. The average molecular weight is 357 g/mol. The number of benzene rings is 1. The highest BCUT2D eigenvalue weighted by Crippen LogP contribution is 2.23. The SMILES string of the molecule is CCC1CN(Cc2cc(F)cc(Br)c2)C(C(C)CC)CN1. The minimum atomic E-state index is -0.165. The van der Waals surface area contributed by atoms with Crippen LogP contribution in [0.1, 0.15) is 39.2 Å². The van der Waals surface area contributed by atoms with Crippen molar-refractivity contribution in [1.29, 1.82) is 0 Å². The molecule has 1 aromatic rings. The molecule has 1 aromatic carbocycles.